The topological polar surface area (TPSA) is 21.4 Å². The lowest BCUT2D eigenvalue weighted by molar-refractivity contribution is -0.110. The van der Waals surface area contributed by atoms with Crippen LogP contribution in [-0.4, -0.2) is 5.91 Å². The molecule has 0 aliphatic rings. The molecule has 30 valence electrons. The fourth-order valence-electron chi connectivity index (χ4n) is 0.0456. The van der Waals surface area contributed by atoms with E-state index < -0.39 is 5.91 Å². The zero-order valence-electron chi connectivity index (χ0n) is 3.14. The molecule has 0 N–H and O–H groups in total. The van der Waals surface area contributed by atoms with Gasteiger partial charge in [-0.25, -0.2) is 0 Å². The molecule has 0 aromatic heterocycles. The van der Waals surface area contributed by atoms with Crippen LogP contribution in [0.15, 0.2) is 12.7 Å². The maximum absolute atomic E-state index is 9.71. The van der Waals surface area contributed by atoms with Gasteiger partial charge in [-0.2, -0.15) is 4.85 Å². The molecule has 0 aliphatic carbocycles. The molecular weight excluding hydrogens is 78.0 g/mol. The van der Waals surface area contributed by atoms with E-state index in [2.05, 4.69) is 11.4 Å². The highest BCUT2D eigenvalue weighted by atomic mass is 16.1. The maximum Gasteiger partial charge on any atom is 0.378 e. The van der Waals surface area contributed by atoms with Crippen LogP contribution in [0.5, 0.6) is 0 Å². The van der Waals surface area contributed by atoms with E-state index in [1.165, 1.54) is 0 Å². The van der Waals surface area contributed by atoms with Gasteiger partial charge in [-0.15, -0.1) is 6.58 Å². The lowest BCUT2D eigenvalue weighted by atomic mass is 10.6. The monoisotopic (exact) mass is 81.0 g/mol. The highest BCUT2D eigenvalue weighted by molar-refractivity contribution is 5.95. The van der Waals surface area contributed by atoms with E-state index in [9.17, 15) is 4.79 Å². The Kier molecular flexibility index (Phi) is 1.76. The lowest BCUT2D eigenvalue weighted by Gasteiger charge is -1.61. The van der Waals surface area contributed by atoms with Gasteiger partial charge in [0, 0.05) is 0 Å². The number of carbonyl (C=O) groups excluding carboxylic acids is 1. The normalized spacial score (nSPS) is 5.83. The molecule has 1 amide bonds. The molecule has 0 aliphatic heterocycles. The average molecular weight is 81.1 g/mol. The molecule has 0 bridgehead atoms. The van der Waals surface area contributed by atoms with Gasteiger partial charge >= 0.3 is 5.91 Å². The number of rotatable bonds is 1. The molecule has 0 aromatic carbocycles. The van der Waals surface area contributed by atoms with Crippen LogP contribution in [0.4, 0.5) is 0 Å². The van der Waals surface area contributed by atoms with Gasteiger partial charge in [0.05, 0.1) is 6.57 Å². The highest BCUT2D eigenvalue weighted by Gasteiger charge is 1.81. The van der Waals surface area contributed by atoms with E-state index >= 15 is 0 Å². The molecule has 0 fully saturated rings. The van der Waals surface area contributed by atoms with Gasteiger partial charge in [0.1, 0.15) is 0 Å². The fraction of sp³-hybridized carbons (Fsp3) is 0. The SMILES string of the molecule is [C-]#[N+]C(=O)C=C. The predicted molar refractivity (Wildman–Crippen MR) is 21.8 cm³/mol. The summed E-state index contributed by atoms with van der Waals surface area (Å²) < 4.78 is 0. The zero-order chi connectivity index (χ0) is 4.99. The minimum atomic E-state index is -0.602. The van der Waals surface area contributed by atoms with Gasteiger partial charge in [0.2, 0.25) is 0 Å². The zero-order valence-corrected chi connectivity index (χ0v) is 3.14. The first-order valence-corrected chi connectivity index (χ1v) is 1.35. The molecule has 2 heteroatoms. The van der Waals surface area contributed by atoms with Crippen LogP contribution in [0.3, 0.4) is 0 Å². The molecule has 6 heavy (non-hydrogen) atoms. The fourth-order valence-corrected chi connectivity index (χ4v) is 0.0456. The van der Waals surface area contributed by atoms with E-state index in [1.54, 1.807) is 0 Å². The van der Waals surface area contributed by atoms with Gasteiger partial charge in [-0.05, 0) is 6.08 Å². The van der Waals surface area contributed by atoms with E-state index in [-0.39, 0.29) is 0 Å². The second-order valence-electron chi connectivity index (χ2n) is 0.654. The summed E-state index contributed by atoms with van der Waals surface area (Å²) in [5.74, 6) is -0.602. The first-order valence-electron chi connectivity index (χ1n) is 1.35. The molecule has 0 aromatic rings. The van der Waals surface area contributed by atoms with Crippen LogP contribution in [0, 0.1) is 6.57 Å². The van der Waals surface area contributed by atoms with E-state index in [0.29, 0.717) is 0 Å². The van der Waals surface area contributed by atoms with Crippen LogP contribution in [-0.2, 0) is 4.79 Å². The largest absolute Gasteiger partial charge is 0.378 e. The van der Waals surface area contributed by atoms with Gasteiger partial charge in [0.15, 0.2) is 0 Å². The molecule has 0 radical (unpaired) electrons. The molecular formula is C4H3NO. The molecule has 0 saturated carbocycles. The Morgan fingerprint density at radius 3 is 2.50 bits per heavy atom. The van der Waals surface area contributed by atoms with E-state index in [0.717, 1.165) is 6.08 Å². The summed E-state index contributed by atoms with van der Waals surface area (Å²) in [7, 11) is 0. The molecule has 0 atom stereocenters. The Hall–Kier alpha value is -1.10. The van der Waals surface area contributed by atoms with E-state index in [4.69, 9.17) is 6.57 Å². The third kappa shape index (κ3) is 1.24. The molecule has 0 unspecified atom stereocenters. The first-order chi connectivity index (χ1) is 2.81. The Bertz CT molecular complexity index is 109. The summed E-state index contributed by atoms with van der Waals surface area (Å²) in [5, 5.41) is 0. The van der Waals surface area contributed by atoms with Crippen molar-refractivity contribution in [3.8, 4) is 0 Å². The van der Waals surface area contributed by atoms with Crippen molar-refractivity contribution in [2.24, 2.45) is 0 Å². The van der Waals surface area contributed by atoms with Crippen LogP contribution in [0.2, 0.25) is 0 Å². The molecule has 0 heterocycles. The molecule has 2 nitrogen and oxygen atoms in total. The summed E-state index contributed by atoms with van der Waals surface area (Å²) in [4.78, 5) is 12.2. The van der Waals surface area contributed by atoms with Crippen molar-refractivity contribution in [3.05, 3.63) is 24.1 Å². The maximum atomic E-state index is 9.71. The number of hydrogen-bond acceptors (Lipinski definition) is 1. The number of carbonyl (C=O) groups is 1. The van der Waals surface area contributed by atoms with Crippen molar-refractivity contribution in [2.45, 2.75) is 0 Å². The van der Waals surface area contributed by atoms with Crippen molar-refractivity contribution >= 4 is 5.91 Å². The summed E-state index contributed by atoms with van der Waals surface area (Å²) in [6.07, 6.45) is 0.979. The quantitative estimate of drug-likeness (QED) is 0.335. The second kappa shape index (κ2) is 2.16. The number of hydrogen-bond donors (Lipinski definition) is 0. The predicted octanol–water partition coefficient (Wildman–Crippen LogP) is 0.618. The smallest absolute Gasteiger partial charge is 0.311 e. The Labute approximate surface area is 35.9 Å². The second-order valence-corrected chi connectivity index (χ2v) is 0.654. The summed E-state index contributed by atoms with van der Waals surface area (Å²) in [5.41, 5.74) is 0. The van der Waals surface area contributed by atoms with Crippen molar-refractivity contribution in [1.29, 1.82) is 0 Å². The summed E-state index contributed by atoms with van der Waals surface area (Å²) in [6.45, 7) is 9.08. The van der Waals surface area contributed by atoms with E-state index in [1.807, 2.05) is 0 Å². The Morgan fingerprint density at radius 1 is 2.00 bits per heavy atom. The van der Waals surface area contributed by atoms with Crippen LogP contribution >= 0.6 is 0 Å². The lowest BCUT2D eigenvalue weighted by Crippen LogP contribution is -1.74. The van der Waals surface area contributed by atoms with Crippen LogP contribution in [0.1, 0.15) is 0 Å². The molecule has 0 spiro atoms. The van der Waals surface area contributed by atoms with Crippen molar-refractivity contribution in [2.75, 3.05) is 0 Å². The van der Waals surface area contributed by atoms with Gasteiger partial charge < -0.3 is 4.79 Å². The third-order valence-corrected chi connectivity index (χ3v) is 0.285. The third-order valence-electron chi connectivity index (χ3n) is 0.285. The van der Waals surface area contributed by atoms with Crippen LogP contribution in [0.25, 0.3) is 4.85 Å². The van der Waals surface area contributed by atoms with Crippen molar-refractivity contribution in [3.63, 3.8) is 0 Å². The number of nitrogens with zero attached hydrogens (tertiary/aromatic N) is 1. The summed E-state index contributed by atoms with van der Waals surface area (Å²) >= 11 is 0. The Morgan fingerprint density at radius 2 is 2.50 bits per heavy atom. The molecule has 0 rings (SSSR count). The Balaban J connectivity index is 3.63. The molecule has 0 saturated heterocycles. The van der Waals surface area contributed by atoms with Crippen molar-refractivity contribution in [1.82, 2.24) is 0 Å². The first kappa shape index (κ1) is 4.90. The van der Waals surface area contributed by atoms with Gasteiger partial charge in [0.25, 0.3) is 0 Å². The number of amides is 1. The standard InChI is InChI=1S/C4H3NO/c1-3-4(6)5-2/h3H,1H2. The minimum Gasteiger partial charge on any atom is -0.311 e. The van der Waals surface area contributed by atoms with Gasteiger partial charge in [-0.3, -0.25) is 0 Å². The van der Waals surface area contributed by atoms with Gasteiger partial charge in [-0.1, -0.05) is 0 Å². The highest BCUT2D eigenvalue weighted by Crippen LogP contribution is 1.68. The van der Waals surface area contributed by atoms with Crippen LogP contribution < -0.4 is 0 Å². The van der Waals surface area contributed by atoms with Crippen molar-refractivity contribution < 1.29 is 4.79 Å². The average Bonchev–Trinajstić information content (AvgIpc) is 1.65. The minimum absolute atomic E-state index is 0.602. The summed E-state index contributed by atoms with van der Waals surface area (Å²) in [6, 6.07) is 0.